The van der Waals surface area contributed by atoms with Gasteiger partial charge in [0.15, 0.2) is 0 Å². The molecule has 1 unspecified atom stereocenters. The molecule has 7 nitrogen and oxygen atoms in total. The van der Waals surface area contributed by atoms with E-state index < -0.39 is 4.92 Å². The van der Waals surface area contributed by atoms with E-state index >= 15 is 0 Å². The minimum atomic E-state index is -0.453. The lowest BCUT2D eigenvalue weighted by Gasteiger charge is -2.13. The SMILES string of the molecule is CCn1c(C)nc([N+](=O)[O-])c1NCC(C)NC. The van der Waals surface area contributed by atoms with Gasteiger partial charge in [-0.15, -0.1) is 0 Å². The highest BCUT2D eigenvalue weighted by atomic mass is 16.6. The molecule has 0 aliphatic rings. The first-order valence-electron chi connectivity index (χ1n) is 5.63. The monoisotopic (exact) mass is 241 g/mol. The van der Waals surface area contributed by atoms with Crippen molar-refractivity contribution >= 4 is 11.6 Å². The van der Waals surface area contributed by atoms with Crippen molar-refractivity contribution in [3.05, 3.63) is 15.9 Å². The van der Waals surface area contributed by atoms with E-state index in [0.29, 0.717) is 24.7 Å². The van der Waals surface area contributed by atoms with Gasteiger partial charge >= 0.3 is 5.82 Å². The van der Waals surface area contributed by atoms with Crippen molar-refractivity contribution in [2.45, 2.75) is 33.4 Å². The number of likely N-dealkylation sites (N-methyl/N-ethyl adjacent to an activating group) is 1. The number of anilines is 1. The average molecular weight is 241 g/mol. The first kappa shape index (κ1) is 13.4. The molecule has 0 aliphatic heterocycles. The third-order valence-corrected chi connectivity index (χ3v) is 2.70. The van der Waals surface area contributed by atoms with Gasteiger partial charge in [-0.1, -0.05) is 0 Å². The van der Waals surface area contributed by atoms with Crippen molar-refractivity contribution in [1.29, 1.82) is 0 Å². The summed E-state index contributed by atoms with van der Waals surface area (Å²) < 4.78 is 1.81. The molecule has 7 heteroatoms. The molecule has 17 heavy (non-hydrogen) atoms. The maximum atomic E-state index is 10.9. The number of imidazole rings is 1. The molecule has 1 aromatic heterocycles. The zero-order valence-electron chi connectivity index (χ0n) is 10.6. The van der Waals surface area contributed by atoms with Crippen molar-refractivity contribution in [1.82, 2.24) is 14.9 Å². The number of aromatic nitrogens is 2. The third kappa shape index (κ3) is 2.94. The molecule has 0 fully saturated rings. The molecule has 0 amide bonds. The van der Waals surface area contributed by atoms with Gasteiger partial charge in [-0.05, 0) is 30.8 Å². The summed E-state index contributed by atoms with van der Waals surface area (Å²) in [6, 6.07) is 0.232. The number of rotatable bonds is 6. The summed E-state index contributed by atoms with van der Waals surface area (Å²) in [4.78, 5) is 14.4. The Morgan fingerprint density at radius 1 is 1.59 bits per heavy atom. The van der Waals surface area contributed by atoms with Crippen LogP contribution in [0.4, 0.5) is 11.6 Å². The van der Waals surface area contributed by atoms with Crippen LogP contribution < -0.4 is 10.6 Å². The molecule has 1 aromatic rings. The fourth-order valence-corrected chi connectivity index (χ4v) is 1.59. The summed E-state index contributed by atoms with van der Waals surface area (Å²) in [5.74, 6) is 1.03. The van der Waals surface area contributed by atoms with Crippen LogP contribution >= 0.6 is 0 Å². The Morgan fingerprint density at radius 2 is 2.24 bits per heavy atom. The smallest absolute Gasteiger partial charge is 0.363 e. The summed E-state index contributed by atoms with van der Waals surface area (Å²) in [6.07, 6.45) is 0. The topological polar surface area (TPSA) is 85.0 Å². The van der Waals surface area contributed by atoms with E-state index in [1.54, 1.807) is 11.5 Å². The molecule has 0 saturated heterocycles. The van der Waals surface area contributed by atoms with Crippen molar-refractivity contribution in [2.24, 2.45) is 0 Å². The number of nitrogens with one attached hydrogen (secondary N) is 2. The van der Waals surface area contributed by atoms with Crippen LogP contribution in [0, 0.1) is 17.0 Å². The van der Waals surface area contributed by atoms with Gasteiger partial charge in [0.25, 0.3) is 0 Å². The van der Waals surface area contributed by atoms with Gasteiger partial charge in [0, 0.05) is 26.1 Å². The van der Waals surface area contributed by atoms with Crippen LogP contribution in [0.15, 0.2) is 0 Å². The largest absolute Gasteiger partial charge is 0.406 e. The Morgan fingerprint density at radius 3 is 2.71 bits per heavy atom. The minimum Gasteiger partial charge on any atom is -0.363 e. The van der Waals surface area contributed by atoms with Crippen molar-refractivity contribution in [3.63, 3.8) is 0 Å². The van der Waals surface area contributed by atoms with Crippen LogP contribution in [0.1, 0.15) is 19.7 Å². The molecular weight excluding hydrogens is 222 g/mol. The Labute approximate surface area is 100 Å². The Balaban J connectivity index is 2.97. The second kappa shape index (κ2) is 5.62. The van der Waals surface area contributed by atoms with Gasteiger partial charge in [-0.2, -0.15) is 0 Å². The number of nitro groups is 1. The standard InChI is InChI=1S/C10H19N5O2/c1-5-14-8(3)13-10(15(16)17)9(14)12-6-7(2)11-4/h7,11-12H,5-6H2,1-4H3. The Hall–Kier alpha value is -1.63. The first-order chi connectivity index (χ1) is 8.01. The first-order valence-corrected chi connectivity index (χ1v) is 5.63. The van der Waals surface area contributed by atoms with Gasteiger partial charge in [-0.3, -0.25) is 4.57 Å². The van der Waals surface area contributed by atoms with E-state index in [0.717, 1.165) is 0 Å². The zero-order chi connectivity index (χ0) is 13.0. The van der Waals surface area contributed by atoms with E-state index in [2.05, 4.69) is 15.6 Å². The highest BCUT2D eigenvalue weighted by Gasteiger charge is 2.24. The van der Waals surface area contributed by atoms with Crippen LogP contribution in [0.25, 0.3) is 0 Å². The van der Waals surface area contributed by atoms with Crippen LogP contribution in [0.3, 0.4) is 0 Å². The molecule has 96 valence electrons. The maximum Gasteiger partial charge on any atom is 0.406 e. The maximum absolute atomic E-state index is 10.9. The van der Waals surface area contributed by atoms with Gasteiger partial charge in [0.05, 0.1) is 0 Å². The summed E-state index contributed by atoms with van der Waals surface area (Å²) in [5.41, 5.74) is 0. The van der Waals surface area contributed by atoms with Crippen LogP contribution in [0.5, 0.6) is 0 Å². The predicted molar refractivity (Wildman–Crippen MR) is 66.3 cm³/mol. The third-order valence-electron chi connectivity index (χ3n) is 2.70. The van der Waals surface area contributed by atoms with Gasteiger partial charge < -0.3 is 20.7 Å². The molecule has 1 rings (SSSR count). The number of nitrogens with zero attached hydrogens (tertiary/aromatic N) is 3. The Kier molecular flexibility index (Phi) is 4.45. The number of aryl methyl sites for hydroxylation is 1. The minimum absolute atomic E-state index is 0.104. The highest BCUT2D eigenvalue weighted by molar-refractivity contribution is 5.53. The zero-order valence-corrected chi connectivity index (χ0v) is 10.6. The molecule has 0 spiro atoms. The molecule has 0 radical (unpaired) electrons. The summed E-state index contributed by atoms with van der Waals surface area (Å²) >= 11 is 0. The van der Waals surface area contributed by atoms with Crippen molar-refractivity contribution in [3.8, 4) is 0 Å². The van der Waals surface area contributed by atoms with E-state index in [-0.39, 0.29) is 11.9 Å². The highest BCUT2D eigenvalue weighted by Crippen LogP contribution is 2.24. The average Bonchev–Trinajstić information content (AvgIpc) is 2.62. The summed E-state index contributed by atoms with van der Waals surface area (Å²) in [5, 5.41) is 17.0. The van der Waals surface area contributed by atoms with Crippen LogP contribution in [-0.2, 0) is 6.54 Å². The lowest BCUT2D eigenvalue weighted by molar-refractivity contribution is -0.388. The molecule has 0 saturated carbocycles. The normalized spacial score (nSPS) is 12.5. The second-order valence-electron chi connectivity index (χ2n) is 3.90. The van der Waals surface area contributed by atoms with Gasteiger partial charge in [-0.25, -0.2) is 0 Å². The van der Waals surface area contributed by atoms with Crippen molar-refractivity contribution < 1.29 is 4.92 Å². The molecular formula is C10H19N5O2. The predicted octanol–water partition coefficient (Wildman–Crippen LogP) is 1.14. The summed E-state index contributed by atoms with van der Waals surface area (Å²) in [6.45, 7) is 6.97. The molecule has 1 heterocycles. The van der Waals surface area contributed by atoms with E-state index in [1.807, 2.05) is 20.9 Å². The fraction of sp³-hybridized carbons (Fsp3) is 0.700. The van der Waals surface area contributed by atoms with Crippen molar-refractivity contribution in [2.75, 3.05) is 18.9 Å². The molecule has 0 bridgehead atoms. The number of hydrogen-bond donors (Lipinski definition) is 2. The molecule has 0 aliphatic carbocycles. The van der Waals surface area contributed by atoms with E-state index in [9.17, 15) is 10.1 Å². The second-order valence-corrected chi connectivity index (χ2v) is 3.90. The quantitative estimate of drug-likeness (QED) is 0.576. The molecule has 2 N–H and O–H groups in total. The van der Waals surface area contributed by atoms with E-state index in [4.69, 9.17) is 0 Å². The van der Waals surface area contributed by atoms with E-state index in [1.165, 1.54) is 0 Å². The summed E-state index contributed by atoms with van der Waals surface area (Å²) in [7, 11) is 1.85. The Bertz CT molecular complexity index is 402. The fourth-order valence-electron chi connectivity index (χ4n) is 1.59. The molecule has 1 atom stereocenters. The van der Waals surface area contributed by atoms with Gasteiger partial charge in [0.2, 0.25) is 11.6 Å². The lowest BCUT2D eigenvalue weighted by Crippen LogP contribution is -2.30. The van der Waals surface area contributed by atoms with Crippen LogP contribution in [0.2, 0.25) is 0 Å². The number of hydrogen-bond acceptors (Lipinski definition) is 5. The lowest BCUT2D eigenvalue weighted by atomic mass is 10.3. The molecule has 0 aromatic carbocycles. The van der Waals surface area contributed by atoms with Crippen LogP contribution in [-0.4, -0.2) is 34.1 Å². The van der Waals surface area contributed by atoms with Gasteiger partial charge in [0.1, 0.15) is 0 Å².